The molecule has 1 aromatic carbocycles. The quantitative estimate of drug-likeness (QED) is 0.693. The first-order valence-electron chi connectivity index (χ1n) is 4.74. The van der Waals surface area contributed by atoms with Crippen LogP contribution in [0.15, 0.2) is 42.1 Å². The summed E-state index contributed by atoms with van der Waals surface area (Å²) in [5.41, 5.74) is 0.744. The van der Waals surface area contributed by atoms with E-state index in [0.29, 0.717) is 0 Å². The molecule has 0 aromatic heterocycles. The molecule has 0 spiro atoms. The zero-order valence-electron chi connectivity index (χ0n) is 8.31. The smallest absolute Gasteiger partial charge is 0.352 e. The summed E-state index contributed by atoms with van der Waals surface area (Å²) in [6.07, 6.45) is 1.47. The maximum atomic E-state index is 11.2. The van der Waals surface area contributed by atoms with Crippen LogP contribution in [0.1, 0.15) is 11.6 Å². The zero-order chi connectivity index (χ0) is 11.5. The Kier molecular flexibility index (Phi) is 2.59. The first kappa shape index (κ1) is 10.2. The number of nitrogens with one attached hydrogen (secondary N) is 2. The number of carboxylic acid groups (broad SMARTS) is 1. The van der Waals surface area contributed by atoms with E-state index in [9.17, 15) is 9.59 Å². The number of benzene rings is 1. The van der Waals surface area contributed by atoms with Gasteiger partial charge in [-0.2, -0.15) is 0 Å². The number of aliphatic carboxylic acids is 1. The fraction of sp³-hybridized carbons (Fsp3) is 0.0909. The average Bonchev–Trinajstić information content (AvgIpc) is 2.29. The topological polar surface area (TPSA) is 78.4 Å². The number of hydrogen-bond acceptors (Lipinski definition) is 2. The molecule has 1 aliphatic heterocycles. The molecule has 0 saturated heterocycles. The van der Waals surface area contributed by atoms with Gasteiger partial charge in [0.15, 0.2) is 0 Å². The van der Waals surface area contributed by atoms with Crippen molar-refractivity contribution in [2.75, 3.05) is 0 Å². The lowest BCUT2D eigenvalue weighted by Gasteiger charge is -2.22. The number of rotatable bonds is 2. The van der Waals surface area contributed by atoms with Crippen LogP contribution in [0.3, 0.4) is 0 Å². The van der Waals surface area contributed by atoms with Crippen LogP contribution in [0, 0.1) is 0 Å². The van der Waals surface area contributed by atoms with Crippen molar-refractivity contribution in [1.82, 2.24) is 10.6 Å². The summed E-state index contributed by atoms with van der Waals surface area (Å²) < 4.78 is 0. The highest BCUT2D eigenvalue weighted by Gasteiger charge is 2.22. The molecule has 5 heteroatoms. The van der Waals surface area contributed by atoms with Crippen LogP contribution in [-0.2, 0) is 4.79 Å². The van der Waals surface area contributed by atoms with Crippen LogP contribution < -0.4 is 10.6 Å². The number of carbonyl (C=O) groups is 2. The van der Waals surface area contributed by atoms with Crippen LogP contribution in [0.5, 0.6) is 0 Å². The lowest BCUT2D eigenvalue weighted by atomic mass is 10.0. The van der Waals surface area contributed by atoms with Crippen molar-refractivity contribution in [3.8, 4) is 0 Å². The van der Waals surface area contributed by atoms with Gasteiger partial charge in [-0.05, 0) is 11.6 Å². The Balaban J connectivity index is 2.32. The molecule has 0 radical (unpaired) electrons. The first-order chi connectivity index (χ1) is 7.66. The average molecular weight is 218 g/mol. The van der Waals surface area contributed by atoms with Crippen molar-refractivity contribution in [1.29, 1.82) is 0 Å². The van der Waals surface area contributed by atoms with E-state index < -0.39 is 18.0 Å². The van der Waals surface area contributed by atoms with Gasteiger partial charge >= 0.3 is 12.0 Å². The molecule has 82 valence electrons. The highest BCUT2D eigenvalue weighted by atomic mass is 16.4. The maximum absolute atomic E-state index is 11.2. The predicted octanol–water partition coefficient (Wildman–Crippen LogP) is 1.01. The minimum Gasteiger partial charge on any atom is -0.477 e. The van der Waals surface area contributed by atoms with E-state index >= 15 is 0 Å². The number of hydrogen-bond donors (Lipinski definition) is 3. The minimum absolute atomic E-state index is 0.0994. The van der Waals surface area contributed by atoms with Gasteiger partial charge in [0.25, 0.3) is 0 Å². The monoisotopic (exact) mass is 218 g/mol. The summed E-state index contributed by atoms with van der Waals surface area (Å²) in [6.45, 7) is 0. The van der Waals surface area contributed by atoms with Gasteiger partial charge < -0.3 is 15.7 Å². The second-order valence-corrected chi connectivity index (χ2v) is 3.37. The Morgan fingerprint density at radius 2 is 1.94 bits per heavy atom. The van der Waals surface area contributed by atoms with Gasteiger partial charge in [0.2, 0.25) is 0 Å². The van der Waals surface area contributed by atoms with Crippen LogP contribution in [-0.4, -0.2) is 17.1 Å². The maximum Gasteiger partial charge on any atom is 0.352 e. The molecule has 0 aliphatic carbocycles. The Morgan fingerprint density at radius 3 is 2.56 bits per heavy atom. The summed E-state index contributed by atoms with van der Waals surface area (Å²) in [6, 6.07) is 8.26. The second-order valence-electron chi connectivity index (χ2n) is 3.37. The van der Waals surface area contributed by atoms with E-state index in [0.717, 1.165) is 5.56 Å². The molecule has 3 N–H and O–H groups in total. The highest BCUT2D eigenvalue weighted by molar-refractivity contribution is 5.93. The summed E-state index contributed by atoms with van der Waals surface area (Å²) in [4.78, 5) is 22.0. The van der Waals surface area contributed by atoms with E-state index in [-0.39, 0.29) is 5.70 Å². The summed E-state index contributed by atoms with van der Waals surface area (Å²) in [5, 5.41) is 13.7. The molecule has 0 unspecified atom stereocenters. The number of carboxylic acids is 1. The van der Waals surface area contributed by atoms with E-state index in [2.05, 4.69) is 10.6 Å². The van der Waals surface area contributed by atoms with E-state index in [1.54, 1.807) is 0 Å². The molecule has 5 nitrogen and oxygen atoms in total. The third-order valence-corrected chi connectivity index (χ3v) is 2.26. The lowest BCUT2D eigenvalue weighted by molar-refractivity contribution is -0.133. The molecule has 0 bridgehead atoms. The van der Waals surface area contributed by atoms with E-state index in [4.69, 9.17) is 5.11 Å². The normalized spacial score (nSPS) is 19.4. The molecule has 1 aromatic rings. The SMILES string of the molecule is O=C1NC(C(=O)O)=C[C@@H](c2ccccc2)N1. The Hall–Kier alpha value is -2.30. The van der Waals surface area contributed by atoms with Crippen LogP contribution in [0.2, 0.25) is 0 Å². The molecular weight excluding hydrogens is 208 g/mol. The van der Waals surface area contributed by atoms with Crippen molar-refractivity contribution in [3.63, 3.8) is 0 Å². The molecule has 2 rings (SSSR count). The molecule has 2 amide bonds. The molecular formula is C11H10N2O3. The molecule has 0 saturated carbocycles. The van der Waals surface area contributed by atoms with Crippen LogP contribution >= 0.6 is 0 Å². The summed E-state index contributed by atoms with van der Waals surface area (Å²) in [7, 11) is 0. The molecule has 1 atom stereocenters. The van der Waals surface area contributed by atoms with Crippen LogP contribution in [0.4, 0.5) is 4.79 Å². The fourth-order valence-electron chi connectivity index (χ4n) is 1.51. The van der Waals surface area contributed by atoms with Crippen molar-refractivity contribution in [3.05, 3.63) is 47.7 Å². The van der Waals surface area contributed by atoms with Crippen molar-refractivity contribution in [2.24, 2.45) is 0 Å². The van der Waals surface area contributed by atoms with Gasteiger partial charge in [-0.15, -0.1) is 0 Å². The van der Waals surface area contributed by atoms with E-state index in [1.807, 2.05) is 30.3 Å². The van der Waals surface area contributed by atoms with Gasteiger partial charge in [0.1, 0.15) is 5.70 Å². The number of carbonyl (C=O) groups excluding carboxylic acids is 1. The van der Waals surface area contributed by atoms with Gasteiger partial charge in [0.05, 0.1) is 6.04 Å². The van der Waals surface area contributed by atoms with Gasteiger partial charge in [-0.1, -0.05) is 30.3 Å². The molecule has 16 heavy (non-hydrogen) atoms. The summed E-state index contributed by atoms with van der Waals surface area (Å²) >= 11 is 0. The Morgan fingerprint density at radius 1 is 1.25 bits per heavy atom. The molecule has 1 aliphatic rings. The standard InChI is InChI=1S/C11H10N2O3/c14-10(15)9-6-8(12-11(16)13-9)7-4-2-1-3-5-7/h1-6,8H,(H,14,15)(H2,12,13,16)/t8-/m0/s1. The Labute approximate surface area is 91.8 Å². The highest BCUT2D eigenvalue weighted by Crippen LogP contribution is 2.17. The molecule has 1 heterocycles. The van der Waals surface area contributed by atoms with Gasteiger partial charge in [0, 0.05) is 0 Å². The van der Waals surface area contributed by atoms with E-state index in [1.165, 1.54) is 6.08 Å². The van der Waals surface area contributed by atoms with Crippen molar-refractivity contribution in [2.45, 2.75) is 6.04 Å². The fourth-order valence-corrected chi connectivity index (χ4v) is 1.51. The zero-order valence-corrected chi connectivity index (χ0v) is 8.31. The van der Waals surface area contributed by atoms with Crippen molar-refractivity contribution >= 4 is 12.0 Å². The predicted molar refractivity (Wildman–Crippen MR) is 56.6 cm³/mol. The van der Waals surface area contributed by atoms with Gasteiger partial charge in [-0.25, -0.2) is 9.59 Å². The van der Waals surface area contributed by atoms with Gasteiger partial charge in [-0.3, -0.25) is 0 Å². The van der Waals surface area contributed by atoms with Crippen molar-refractivity contribution < 1.29 is 14.7 Å². The largest absolute Gasteiger partial charge is 0.477 e. The second kappa shape index (κ2) is 4.06. The van der Waals surface area contributed by atoms with Crippen LogP contribution in [0.25, 0.3) is 0 Å². The minimum atomic E-state index is -1.14. The first-order valence-corrected chi connectivity index (χ1v) is 4.74. The third kappa shape index (κ3) is 2.03. The Bertz CT molecular complexity index is 454. The summed E-state index contributed by atoms with van der Waals surface area (Å²) in [5.74, 6) is -1.14. The number of amides is 2. The number of urea groups is 1. The molecule has 0 fully saturated rings. The lowest BCUT2D eigenvalue weighted by Crippen LogP contribution is -2.43. The third-order valence-electron chi connectivity index (χ3n) is 2.26.